The van der Waals surface area contributed by atoms with Gasteiger partial charge in [-0.2, -0.15) is 0 Å². The van der Waals surface area contributed by atoms with Gasteiger partial charge < -0.3 is 26.0 Å². The fraction of sp³-hybridized carbons (Fsp3) is 0.263. The summed E-state index contributed by atoms with van der Waals surface area (Å²) in [4.78, 5) is 38.3. The molecule has 3 aromatic rings. The smallest absolute Gasteiger partial charge is 0.356 e. The van der Waals surface area contributed by atoms with E-state index in [-0.39, 0.29) is 11.4 Å². The van der Waals surface area contributed by atoms with Crippen molar-refractivity contribution in [2.24, 2.45) is 12.8 Å². The maximum Gasteiger partial charge on any atom is 0.356 e. The first kappa shape index (κ1) is 19.3. The molecule has 0 spiro atoms. The van der Waals surface area contributed by atoms with Gasteiger partial charge in [0.25, 0.3) is 10.9 Å². The van der Waals surface area contributed by atoms with Crippen LogP contribution in [-0.2, 0) is 26.6 Å². The third-order valence-electron chi connectivity index (χ3n) is 4.68. The maximum absolute atomic E-state index is 11.6. The molecule has 0 saturated carbocycles. The lowest BCUT2D eigenvalue weighted by atomic mass is 9.96. The van der Waals surface area contributed by atoms with Crippen molar-refractivity contribution in [2.45, 2.75) is 19.5 Å². The van der Waals surface area contributed by atoms with E-state index in [1.54, 1.807) is 11.6 Å². The number of anilines is 2. The Kier molecular flexibility index (Phi) is 5.27. The van der Waals surface area contributed by atoms with Gasteiger partial charge in [0.15, 0.2) is 5.69 Å². The Morgan fingerprint density at radius 3 is 2.54 bits per heavy atom. The summed E-state index contributed by atoms with van der Waals surface area (Å²) < 4.78 is 1.59. The van der Waals surface area contributed by atoms with Gasteiger partial charge in [0.2, 0.25) is 0 Å². The first-order chi connectivity index (χ1) is 13.3. The second kappa shape index (κ2) is 7.65. The van der Waals surface area contributed by atoms with E-state index in [9.17, 15) is 14.4 Å². The van der Waals surface area contributed by atoms with E-state index >= 15 is 0 Å². The molecular formula is C19H21N5O4. The number of hydrogen-bond acceptors (Lipinski definition) is 7. The lowest BCUT2D eigenvalue weighted by Gasteiger charge is -2.31. The quantitative estimate of drug-likeness (QED) is 0.536. The Morgan fingerprint density at radius 1 is 1.25 bits per heavy atom. The van der Waals surface area contributed by atoms with Gasteiger partial charge in [0.05, 0.1) is 6.33 Å². The van der Waals surface area contributed by atoms with Crippen LogP contribution >= 0.6 is 0 Å². The molecular weight excluding hydrogens is 362 g/mol. The van der Waals surface area contributed by atoms with Crippen LogP contribution in [0.2, 0.25) is 0 Å². The summed E-state index contributed by atoms with van der Waals surface area (Å²) in [7, 11) is 1.72. The Balaban J connectivity index is 0.000000211. The van der Waals surface area contributed by atoms with Crippen LogP contribution in [0.3, 0.4) is 0 Å². The Morgan fingerprint density at radius 2 is 2.00 bits per heavy atom. The van der Waals surface area contributed by atoms with Gasteiger partial charge in [-0.15, -0.1) is 0 Å². The van der Waals surface area contributed by atoms with Gasteiger partial charge in [0, 0.05) is 32.9 Å². The van der Waals surface area contributed by atoms with Crippen LogP contribution in [0.15, 0.2) is 40.3 Å². The fourth-order valence-corrected chi connectivity index (χ4v) is 3.16. The summed E-state index contributed by atoms with van der Waals surface area (Å²) >= 11 is 0. The largest absolute Gasteiger partial charge is 0.476 e. The topological polar surface area (TPSA) is 145 Å². The number of aryl methyl sites for hydroxylation is 1. The Bertz CT molecular complexity index is 1090. The van der Waals surface area contributed by atoms with Crippen LogP contribution in [0, 0.1) is 0 Å². The van der Waals surface area contributed by atoms with Crippen LogP contribution in [0.5, 0.6) is 0 Å². The zero-order valence-corrected chi connectivity index (χ0v) is 15.4. The predicted molar refractivity (Wildman–Crippen MR) is 105 cm³/mol. The normalized spacial score (nSPS) is 13.0. The third kappa shape index (κ3) is 3.65. The average Bonchev–Trinajstić information content (AvgIpc) is 3.14. The van der Waals surface area contributed by atoms with Crippen LogP contribution < -0.4 is 27.2 Å². The lowest BCUT2D eigenvalue weighted by molar-refractivity contribution is 0.0691. The molecule has 0 bridgehead atoms. The molecule has 0 saturated heterocycles. The number of nitrogens with two attached hydrogens (primary N) is 2. The first-order valence-electron chi connectivity index (χ1n) is 8.67. The third-order valence-corrected chi connectivity index (χ3v) is 4.68. The van der Waals surface area contributed by atoms with Crippen molar-refractivity contribution in [3.63, 3.8) is 0 Å². The molecule has 1 aliphatic rings. The van der Waals surface area contributed by atoms with E-state index in [1.807, 2.05) is 11.0 Å². The molecule has 2 heterocycles. The van der Waals surface area contributed by atoms with Gasteiger partial charge in [-0.3, -0.25) is 9.59 Å². The first-order valence-corrected chi connectivity index (χ1v) is 8.67. The molecule has 0 radical (unpaired) electrons. The molecule has 9 heteroatoms. The van der Waals surface area contributed by atoms with Crippen molar-refractivity contribution in [2.75, 3.05) is 17.2 Å². The highest BCUT2D eigenvalue weighted by Crippen LogP contribution is 2.26. The SMILES string of the molecule is Cn1cnc(C(=O)O)c1.NCc1ccc2c(c1)CN(c1c(N)c(=O)c1=O)CC2. The van der Waals surface area contributed by atoms with Gasteiger partial charge in [-0.1, -0.05) is 18.2 Å². The number of carboxylic acid groups (broad SMARTS) is 1. The standard InChI is InChI=1S/C14H15N3O2.C5H6N2O2/c15-6-8-1-2-9-3-4-17(7-10(9)5-8)12-11(16)13(18)14(12)19;1-7-2-4(5(8)9)6-3-7/h1-2,5H,3-4,6-7,15-16H2;2-3H,1H3,(H,8,9). The summed E-state index contributed by atoms with van der Waals surface area (Å²) in [6.07, 6.45) is 3.74. The van der Waals surface area contributed by atoms with Crippen molar-refractivity contribution in [1.82, 2.24) is 9.55 Å². The minimum absolute atomic E-state index is 0.0810. The van der Waals surface area contributed by atoms with E-state index in [0.717, 1.165) is 17.5 Å². The molecule has 28 heavy (non-hydrogen) atoms. The summed E-state index contributed by atoms with van der Waals surface area (Å²) in [6.45, 7) is 1.82. The number of nitrogen functional groups attached to an aromatic ring is 1. The second-order valence-electron chi connectivity index (χ2n) is 6.63. The number of carbonyl (C=O) groups is 1. The van der Waals surface area contributed by atoms with Gasteiger partial charge >= 0.3 is 5.97 Å². The van der Waals surface area contributed by atoms with Crippen molar-refractivity contribution in [1.29, 1.82) is 0 Å². The van der Waals surface area contributed by atoms with E-state index in [1.165, 1.54) is 18.1 Å². The molecule has 0 amide bonds. The fourth-order valence-electron chi connectivity index (χ4n) is 3.16. The van der Waals surface area contributed by atoms with Crippen molar-refractivity contribution >= 4 is 17.3 Å². The van der Waals surface area contributed by atoms with E-state index < -0.39 is 16.8 Å². The number of hydrogen-bond donors (Lipinski definition) is 3. The Labute approximate surface area is 160 Å². The summed E-state index contributed by atoms with van der Waals surface area (Å²) in [6, 6.07) is 6.17. The van der Waals surface area contributed by atoms with Gasteiger partial charge in [-0.05, 0) is 23.1 Å². The second-order valence-corrected chi connectivity index (χ2v) is 6.63. The number of benzene rings is 1. The van der Waals surface area contributed by atoms with E-state index in [2.05, 4.69) is 17.1 Å². The number of nitrogens with zero attached hydrogens (tertiary/aromatic N) is 3. The molecule has 0 fully saturated rings. The summed E-state index contributed by atoms with van der Waals surface area (Å²) in [5.41, 5.74) is 14.3. The van der Waals surface area contributed by atoms with Crippen molar-refractivity contribution in [3.05, 3.63) is 73.6 Å². The molecule has 146 valence electrons. The van der Waals surface area contributed by atoms with Crippen molar-refractivity contribution < 1.29 is 9.90 Å². The van der Waals surface area contributed by atoms with Crippen LogP contribution in [0.4, 0.5) is 11.4 Å². The van der Waals surface area contributed by atoms with Crippen LogP contribution in [0.1, 0.15) is 27.2 Å². The van der Waals surface area contributed by atoms with Crippen LogP contribution in [0.25, 0.3) is 0 Å². The molecule has 0 aliphatic carbocycles. The molecule has 2 aromatic carbocycles. The highest BCUT2D eigenvalue weighted by molar-refractivity contribution is 5.84. The number of imidazole rings is 1. The predicted octanol–water partition coefficient (Wildman–Crippen LogP) is 0.00450. The van der Waals surface area contributed by atoms with E-state index in [4.69, 9.17) is 16.6 Å². The number of rotatable bonds is 3. The molecule has 5 N–H and O–H groups in total. The zero-order chi connectivity index (χ0) is 20.4. The Hall–Kier alpha value is -3.46. The molecule has 0 unspecified atom stereocenters. The minimum atomic E-state index is -0.990. The number of aromatic nitrogens is 2. The summed E-state index contributed by atoms with van der Waals surface area (Å²) in [5.74, 6) is -0.990. The zero-order valence-electron chi connectivity index (χ0n) is 15.4. The number of aromatic carboxylic acids is 1. The van der Waals surface area contributed by atoms with Crippen LogP contribution in [-0.4, -0.2) is 27.2 Å². The minimum Gasteiger partial charge on any atom is -0.476 e. The number of fused-ring (bicyclic) bond motifs is 1. The monoisotopic (exact) mass is 383 g/mol. The van der Waals surface area contributed by atoms with Crippen molar-refractivity contribution in [3.8, 4) is 0 Å². The maximum atomic E-state index is 11.6. The lowest BCUT2D eigenvalue weighted by Crippen LogP contribution is -2.44. The highest BCUT2D eigenvalue weighted by Gasteiger charge is 2.26. The molecule has 4 rings (SSSR count). The highest BCUT2D eigenvalue weighted by atomic mass is 16.4. The molecule has 1 aliphatic heterocycles. The number of carboxylic acids is 1. The summed E-state index contributed by atoms with van der Waals surface area (Å²) in [5, 5.41) is 8.32. The van der Waals surface area contributed by atoms with E-state index in [0.29, 0.717) is 25.3 Å². The average molecular weight is 383 g/mol. The molecule has 1 aromatic heterocycles. The molecule has 9 nitrogen and oxygen atoms in total. The van der Waals surface area contributed by atoms with Gasteiger partial charge in [-0.25, -0.2) is 9.78 Å². The molecule has 0 atom stereocenters. The van der Waals surface area contributed by atoms with Gasteiger partial charge in [0.1, 0.15) is 11.4 Å².